The predicted octanol–water partition coefficient (Wildman–Crippen LogP) is 1.65. The van der Waals surface area contributed by atoms with Gasteiger partial charge in [-0.05, 0) is 18.8 Å². The van der Waals surface area contributed by atoms with Crippen LogP contribution in [0.25, 0.3) is 0 Å². The number of aliphatic carboxylic acids is 1. The molecule has 2 atom stereocenters. The molecule has 4 nitrogen and oxygen atoms in total. The smallest absolute Gasteiger partial charge is 0.326 e. The molecule has 4 heteroatoms. The zero-order valence-corrected chi connectivity index (χ0v) is 9.91. The number of hydrogen-bond acceptors (Lipinski definition) is 2. The highest BCUT2D eigenvalue weighted by molar-refractivity contribution is 5.84. The van der Waals surface area contributed by atoms with Crippen LogP contribution in [0, 0.1) is 11.8 Å². The molecule has 0 aliphatic rings. The monoisotopic (exact) mass is 215 g/mol. The van der Waals surface area contributed by atoms with Crippen molar-refractivity contribution >= 4 is 11.9 Å². The topological polar surface area (TPSA) is 66.4 Å². The van der Waals surface area contributed by atoms with Crippen LogP contribution in [0.15, 0.2) is 0 Å². The Morgan fingerprint density at radius 3 is 2.13 bits per heavy atom. The lowest BCUT2D eigenvalue weighted by Crippen LogP contribution is -2.43. The fourth-order valence-corrected chi connectivity index (χ4v) is 1.19. The molecule has 1 unspecified atom stereocenters. The first-order valence-electron chi connectivity index (χ1n) is 5.41. The number of carbonyl (C=O) groups excluding carboxylic acids is 1. The van der Waals surface area contributed by atoms with E-state index >= 15 is 0 Å². The lowest BCUT2D eigenvalue weighted by atomic mass is 10.0. The molecule has 0 saturated carbocycles. The number of amides is 1. The summed E-state index contributed by atoms with van der Waals surface area (Å²) >= 11 is 0. The minimum absolute atomic E-state index is 0.126. The normalized spacial score (nSPS) is 14.7. The zero-order valence-electron chi connectivity index (χ0n) is 9.91. The maximum atomic E-state index is 11.5. The van der Waals surface area contributed by atoms with Gasteiger partial charge in [0.1, 0.15) is 6.04 Å². The van der Waals surface area contributed by atoms with Crippen LogP contribution >= 0.6 is 0 Å². The summed E-state index contributed by atoms with van der Waals surface area (Å²) in [7, 11) is 0. The Morgan fingerprint density at radius 1 is 1.27 bits per heavy atom. The van der Waals surface area contributed by atoms with Crippen molar-refractivity contribution in [2.45, 2.75) is 46.6 Å². The van der Waals surface area contributed by atoms with Crippen molar-refractivity contribution in [2.75, 3.05) is 0 Å². The average molecular weight is 215 g/mol. The lowest BCUT2D eigenvalue weighted by Gasteiger charge is -2.18. The van der Waals surface area contributed by atoms with E-state index in [0.717, 1.165) is 6.42 Å². The van der Waals surface area contributed by atoms with E-state index in [1.807, 2.05) is 20.8 Å². The number of nitrogens with one attached hydrogen (secondary N) is 1. The first kappa shape index (κ1) is 13.9. The summed E-state index contributed by atoms with van der Waals surface area (Å²) in [5, 5.41) is 11.5. The third-order valence-corrected chi connectivity index (χ3v) is 2.38. The average Bonchev–Trinajstić information content (AvgIpc) is 2.14. The quantitative estimate of drug-likeness (QED) is 0.708. The van der Waals surface area contributed by atoms with Gasteiger partial charge in [0.05, 0.1) is 0 Å². The second-order valence-electron chi connectivity index (χ2n) is 4.34. The Kier molecular flexibility index (Phi) is 5.97. The van der Waals surface area contributed by atoms with Crippen LogP contribution in [0.1, 0.15) is 40.5 Å². The highest BCUT2D eigenvalue weighted by Crippen LogP contribution is 2.07. The third kappa shape index (κ3) is 5.40. The van der Waals surface area contributed by atoms with Gasteiger partial charge in [-0.2, -0.15) is 0 Å². The van der Waals surface area contributed by atoms with E-state index < -0.39 is 12.0 Å². The maximum Gasteiger partial charge on any atom is 0.326 e. The Hall–Kier alpha value is -1.06. The Bertz CT molecular complexity index is 226. The van der Waals surface area contributed by atoms with Gasteiger partial charge in [0, 0.05) is 5.92 Å². The highest BCUT2D eigenvalue weighted by Gasteiger charge is 2.22. The molecule has 15 heavy (non-hydrogen) atoms. The Morgan fingerprint density at radius 2 is 1.80 bits per heavy atom. The van der Waals surface area contributed by atoms with Gasteiger partial charge in [0.25, 0.3) is 0 Å². The fraction of sp³-hybridized carbons (Fsp3) is 0.818. The first-order chi connectivity index (χ1) is 6.88. The van der Waals surface area contributed by atoms with Crippen molar-refractivity contribution in [3.05, 3.63) is 0 Å². The molecular formula is C11H21NO3. The van der Waals surface area contributed by atoms with Crippen LogP contribution in [-0.4, -0.2) is 23.0 Å². The largest absolute Gasteiger partial charge is 0.480 e. The third-order valence-electron chi connectivity index (χ3n) is 2.38. The van der Waals surface area contributed by atoms with Crippen molar-refractivity contribution in [3.63, 3.8) is 0 Å². The van der Waals surface area contributed by atoms with Crippen molar-refractivity contribution in [2.24, 2.45) is 11.8 Å². The SMILES string of the molecule is CCC(C)C(=O)N[C@H](CC(C)C)C(=O)O. The molecule has 0 aromatic rings. The van der Waals surface area contributed by atoms with Gasteiger partial charge in [-0.3, -0.25) is 4.79 Å². The van der Waals surface area contributed by atoms with Gasteiger partial charge < -0.3 is 10.4 Å². The van der Waals surface area contributed by atoms with Crippen LogP contribution in [0.2, 0.25) is 0 Å². The van der Waals surface area contributed by atoms with Crippen molar-refractivity contribution in [1.82, 2.24) is 5.32 Å². The van der Waals surface area contributed by atoms with Crippen molar-refractivity contribution < 1.29 is 14.7 Å². The Balaban J connectivity index is 4.29. The number of hydrogen-bond donors (Lipinski definition) is 2. The number of carboxylic acid groups (broad SMARTS) is 1. The summed E-state index contributed by atoms with van der Waals surface area (Å²) in [5.74, 6) is -1.01. The van der Waals surface area contributed by atoms with Gasteiger partial charge in [-0.25, -0.2) is 4.79 Å². The van der Waals surface area contributed by atoms with E-state index in [2.05, 4.69) is 5.32 Å². The van der Waals surface area contributed by atoms with Gasteiger partial charge >= 0.3 is 5.97 Å². The summed E-state index contributed by atoms with van der Waals surface area (Å²) in [6, 6.07) is -0.758. The molecule has 0 fully saturated rings. The minimum atomic E-state index is -0.958. The van der Waals surface area contributed by atoms with Gasteiger partial charge in [-0.1, -0.05) is 27.7 Å². The summed E-state index contributed by atoms with van der Waals surface area (Å²) in [6.45, 7) is 7.57. The number of carboxylic acids is 1. The van der Waals surface area contributed by atoms with E-state index in [-0.39, 0.29) is 17.7 Å². The van der Waals surface area contributed by atoms with Gasteiger partial charge in [-0.15, -0.1) is 0 Å². The molecule has 0 saturated heterocycles. The molecule has 0 aliphatic carbocycles. The second kappa shape index (κ2) is 6.43. The second-order valence-corrected chi connectivity index (χ2v) is 4.34. The van der Waals surface area contributed by atoms with Crippen LogP contribution < -0.4 is 5.32 Å². The molecule has 2 N–H and O–H groups in total. The van der Waals surface area contributed by atoms with Crippen molar-refractivity contribution in [1.29, 1.82) is 0 Å². The van der Waals surface area contributed by atoms with Crippen LogP contribution in [0.3, 0.4) is 0 Å². The molecule has 0 aromatic heterocycles. The molecule has 0 rings (SSSR count). The van der Waals surface area contributed by atoms with Gasteiger partial charge in [0.2, 0.25) is 5.91 Å². The van der Waals surface area contributed by atoms with E-state index in [0.29, 0.717) is 6.42 Å². The summed E-state index contributed by atoms with van der Waals surface area (Å²) in [6.07, 6.45) is 1.19. The van der Waals surface area contributed by atoms with Crippen molar-refractivity contribution in [3.8, 4) is 0 Å². The summed E-state index contributed by atoms with van der Waals surface area (Å²) in [5.41, 5.74) is 0. The fourth-order valence-electron chi connectivity index (χ4n) is 1.19. The van der Waals surface area contributed by atoms with Crippen LogP contribution in [-0.2, 0) is 9.59 Å². The van der Waals surface area contributed by atoms with Gasteiger partial charge in [0.15, 0.2) is 0 Å². The molecule has 0 bridgehead atoms. The maximum absolute atomic E-state index is 11.5. The van der Waals surface area contributed by atoms with E-state index in [9.17, 15) is 9.59 Å². The molecule has 0 heterocycles. The predicted molar refractivity (Wildman–Crippen MR) is 58.5 cm³/mol. The highest BCUT2D eigenvalue weighted by atomic mass is 16.4. The molecule has 0 aromatic carbocycles. The van der Waals surface area contributed by atoms with E-state index in [1.165, 1.54) is 0 Å². The number of carbonyl (C=O) groups is 2. The first-order valence-corrected chi connectivity index (χ1v) is 5.41. The summed E-state index contributed by atoms with van der Waals surface area (Å²) in [4.78, 5) is 22.4. The van der Waals surface area contributed by atoms with E-state index in [4.69, 9.17) is 5.11 Å². The zero-order chi connectivity index (χ0) is 12.0. The number of rotatable bonds is 6. The van der Waals surface area contributed by atoms with E-state index in [1.54, 1.807) is 6.92 Å². The van der Waals surface area contributed by atoms with Crippen LogP contribution in [0.5, 0.6) is 0 Å². The van der Waals surface area contributed by atoms with Crippen LogP contribution in [0.4, 0.5) is 0 Å². The standard InChI is InChI=1S/C11H21NO3/c1-5-8(4)10(13)12-9(11(14)15)6-7(2)3/h7-9H,5-6H2,1-4H3,(H,12,13)(H,14,15)/t8?,9-/m1/s1. The summed E-state index contributed by atoms with van der Waals surface area (Å²) < 4.78 is 0. The molecular weight excluding hydrogens is 194 g/mol. The molecule has 0 radical (unpaired) electrons. The molecule has 1 amide bonds. The minimum Gasteiger partial charge on any atom is -0.480 e. The molecule has 0 aliphatic heterocycles. The lowest BCUT2D eigenvalue weighted by molar-refractivity contribution is -0.142. The molecule has 88 valence electrons. The molecule has 0 spiro atoms. The Labute approximate surface area is 91.1 Å².